The van der Waals surface area contributed by atoms with Gasteiger partial charge >= 0.3 is 0 Å². The molecular formula is C7H4ClF2. The molecule has 0 N–H and O–H groups in total. The van der Waals surface area contributed by atoms with Crippen molar-refractivity contribution in [3.05, 3.63) is 34.9 Å². The molecule has 53 valence electrons. The van der Waals surface area contributed by atoms with Gasteiger partial charge in [-0.15, -0.1) is 0 Å². The third-order valence-electron chi connectivity index (χ3n) is 1.04. The molecule has 1 radical (unpaired) electrons. The van der Waals surface area contributed by atoms with Crippen LogP contribution in [0.1, 0.15) is 12.0 Å². The Morgan fingerprint density at radius 2 is 2.20 bits per heavy atom. The molecular weight excluding hydrogens is 158 g/mol. The largest absolute Gasteiger partial charge is 0.263 e. The molecule has 0 fully saturated rings. The molecule has 1 aromatic carbocycles. The summed E-state index contributed by atoms with van der Waals surface area (Å²) in [6.07, 6.45) is -2.45. The summed E-state index contributed by atoms with van der Waals surface area (Å²) in [5, 5.41) is 0.220. The van der Waals surface area contributed by atoms with Gasteiger partial charge < -0.3 is 0 Å². The Morgan fingerprint density at radius 3 is 2.60 bits per heavy atom. The average Bonchev–Trinajstić information content (AvgIpc) is 1.88. The molecule has 0 aliphatic carbocycles. The lowest BCUT2D eigenvalue weighted by atomic mass is 10.2. The van der Waals surface area contributed by atoms with Gasteiger partial charge in [-0.2, -0.15) is 0 Å². The van der Waals surface area contributed by atoms with Crippen LogP contribution in [-0.2, 0) is 0 Å². The molecule has 1 aromatic rings. The second-order valence-electron chi connectivity index (χ2n) is 1.77. The zero-order chi connectivity index (χ0) is 7.56. The highest BCUT2D eigenvalue weighted by molar-refractivity contribution is 6.30. The molecule has 0 saturated heterocycles. The van der Waals surface area contributed by atoms with Gasteiger partial charge in [0, 0.05) is 16.7 Å². The normalized spacial score (nSPS) is 10.4. The van der Waals surface area contributed by atoms with Crippen LogP contribution in [0.2, 0.25) is 5.02 Å². The van der Waals surface area contributed by atoms with E-state index in [9.17, 15) is 8.78 Å². The third-order valence-corrected chi connectivity index (χ3v) is 1.26. The molecule has 3 heteroatoms. The smallest absolute Gasteiger partial charge is 0.205 e. The first-order chi connectivity index (χ1) is 4.70. The summed E-state index contributed by atoms with van der Waals surface area (Å²) < 4.78 is 23.7. The maximum absolute atomic E-state index is 11.9. The number of rotatable bonds is 1. The summed E-state index contributed by atoms with van der Waals surface area (Å²) >= 11 is 5.40. The summed E-state index contributed by atoms with van der Waals surface area (Å²) in [7, 11) is 0. The van der Waals surface area contributed by atoms with E-state index >= 15 is 0 Å². The van der Waals surface area contributed by atoms with E-state index in [1.54, 1.807) is 0 Å². The predicted octanol–water partition coefficient (Wildman–Crippen LogP) is 3.08. The monoisotopic (exact) mass is 161 g/mol. The zero-order valence-electron chi connectivity index (χ0n) is 4.94. The van der Waals surface area contributed by atoms with Crippen molar-refractivity contribution < 1.29 is 8.78 Å². The van der Waals surface area contributed by atoms with Gasteiger partial charge in [-0.05, 0) is 6.07 Å². The van der Waals surface area contributed by atoms with Crippen LogP contribution in [0.25, 0.3) is 0 Å². The summed E-state index contributed by atoms with van der Waals surface area (Å²) in [4.78, 5) is 0. The fourth-order valence-electron chi connectivity index (χ4n) is 0.589. The quantitative estimate of drug-likeness (QED) is 0.594. The van der Waals surface area contributed by atoms with Crippen molar-refractivity contribution in [1.29, 1.82) is 0 Å². The number of alkyl halides is 2. The number of hydrogen-bond donors (Lipinski definition) is 0. The Balaban J connectivity index is 2.96. The van der Waals surface area contributed by atoms with Crippen molar-refractivity contribution in [3.63, 3.8) is 0 Å². The van der Waals surface area contributed by atoms with Crippen LogP contribution in [0, 0.1) is 6.07 Å². The van der Waals surface area contributed by atoms with E-state index in [4.69, 9.17) is 11.6 Å². The Morgan fingerprint density at radius 1 is 1.50 bits per heavy atom. The van der Waals surface area contributed by atoms with Crippen molar-refractivity contribution in [2.75, 3.05) is 0 Å². The van der Waals surface area contributed by atoms with Gasteiger partial charge in [0.05, 0.1) is 0 Å². The second kappa shape index (κ2) is 2.97. The van der Waals surface area contributed by atoms with Crippen LogP contribution in [-0.4, -0.2) is 0 Å². The molecule has 0 bridgehead atoms. The van der Waals surface area contributed by atoms with E-state index in [0.29, 0.717) is 0 Å². The minimum atomic E-state index is -2.45. The maximum atomic E-state index is 11.9. The molecule has 0 aliphatic heterocycles. The highest BCUT2D eigenvalue weighted by Crippen LogP contribution is 2.20. The fraction of sp³-hybridized carbons (Fsp3) is 0.143. The van der Waals surface area contributed by atoms with Crippen LogP contribution in [0.3, 0.4) is 0 Å². The maximum Gasteiger partial charge on any atom is 0.263 e. The van der Waals surface area contributed by atoms with Crippen LogP contribution in [0.5, 0.6) is 0 Å². The summed E-state index contributed by atoms with van der Waals surface area (Å²) in [5.74, 6) is 0. The lowest BCUT2D eigenvalue weighted by Crippen LogP contribution is -1.81. The van der Waals surface area contributed by atoms with Gasteiger partial charge in [0.1, 0.15) is 0 Å². The van der Waals surface area contributed by atoms with Gasteiger partial charge in [0.2, 0.25) is 0 Å². The number of halogens is 3. The Bertz CT molecular complexity index is 223. The van der Waals surface area contributed by atoms with E-state index in [1.807, 2.05) is 0 Å². The van der Waals surface area contributed by atoms with E-state index in [-0.39, 0.29) is 10.6 Å². The van der Waals surface area contributed by atoms with Crippen molar-refractivity contribution in [2.45, 2.75) is 6.43 Å². The van der Waals surface area contributed by atoms with Crippen LogP contribution < -0.4 is 0 Å². The molecule has 0 aliphatic rings. The van der Waals surface area contributed by atoms with Gasteiger partial charge in [-0.25, -0.2) is 8.78 Å². The van der Waals surface area contributed by atoms with Crippen molar-refractivity contribution in [3.8, 4) is 0 Å². The van der Waals surface area contributed by atoms with Gasteiger partial charge in [0.15, 0.2) is 0 Å². The van der Waals surface area contributed by atoms with E-state index in [0.717, 1.165) is 0 Å². The summed E-state index contributed by atoms with van der Waals surface area (Å²) in [6.45, 7) is 0. The Kier molecular flexibility index (Phi) is 2.22. The van der Waals surface area contributed by atoms with Gasteiger partial charge in [-0.1, -0.05) is 23.7 Å². The molecule has 10 heavy (non-hydrogen) atoms. The van der Waals surface area contributed by atoms with Gasteiger partial charge in [0.25, 0.3) is 6.43 Å². The van der Waals surface area contributed by atoms with Gasteiger partial charge in [-0.3, -0.25) is 0 Å². The van der Waals surface area contributed by atoms with Crippen LogP contribution in [0.15, 0.2) is 18.2 Å². The Labute approximate surface area is 62.4 Å². The fourth-order valence-corrected chi connectivity index (χ4v) is 0.778. The summed E-state index contributed by atoms with van der Waals surface area (Å²) in [6, 6.07) is 6.43. The highest BCUT2D eigenvalue weighted by Gasteiger charge is 2.05. The minimum absolute atomic E-state index is 0.0660. The molecule has 0 heterocycles. The minimum Gasteiger partial charge on any atom is -0.205 e. The van der Waals surface area contributed by atoms with E-state index in [1.165, 1.54) is 18.2 Å². The SMILES string of the molecule is FC(F)c1cc[c]c(Cl)c1. The van der Waals surface area contributed by atoms with Crippen LogP contribution in [0.4, 0.5) is 8.78 Å². The van der Waals surface area contributed by atoms with Crippen molar-refractivity contribution >= 4 is 11.6 Å². The van der Waals surface area contributed by atoms with Crippen LogP contribution >= 0.6 is 11.6 Å². The van der Waals surface area contributed by atoms with E-state index in [2.05, 4.69) is 6.07 Å². The first-order valence-electron chi connectivity index (χ1n) is 2.65. The first kappa shape index (κ1) is 7.48. The molecule has 1 rings (SSSR count). The molecule has 0 amide bonds. The summed E-state index contributed by atoms with van der Waals surface area (Å²) in [5.41, 5.74) is -0.0660. The standard InChI is InChI=1S/C7H4ClF2/c8-6-3-1-2-5(4-6)7(9)10/h1-2,4,7H. The first-order valence-corrected chi connectivity index (χ1v) is 3.03. The average molecular weight is 162 g/mol. The Hall–Kier alpha value is -0.630. The second-order valence-corrected chi connectivity index (χ2v) is 2.18. The lowest BCUT2D eigenvalue weighted by molar-refractivity contribution is 0.151. The topological polar surface area (TPSA) is 0 Å². The zero-order valence-corrected chi connectivity index (χ0v) is 5.70. The highest BCUT2D eigenvalue weighted by atomic mass is 35.5. The lowest BCUT2D eigenvalue weighted by Gasteiger charge is -1.96. The van der Waals surface area contributed by atoms with Crippen molar-refractivity contribution in [1.82, 2.24) is 0 Å². The molecule has 0 nitrogen and oxygen atoms in total. The molecule has 0 atom stereocenters. The molecule has 0 unspecified atom stereocenters. The molecule has 0 saturated carbocycles. The van der Waals surface area contributed by atoms with E-state index < -0.39 is 6.43 Å². The molecule has 0 aromatic heterocycles. The number of hydrogen-bond acceptors (Lipinski definition) is 0. The third kappa shape index (κ3) is 1.67. The number of benzene rings is 1. The molecule has 0 spiro atoms. The predicted molar refractivity (Wildman–Crippen MR) is 35.2 cm³/mol. The van der Waals surface area contributed by atoms with Crippen molar-refractivity contribution in [2.24, 2.45) is 0 Å².